The minimum absolute atomic E-state index is 0.165. The highest BCUT2D eigenvalue weighted by Gasteiger charge is 2.21. The minimum atomic E-state index is -0.587. The number of carbonyl (C=O) groups excluding carboxylic acids is 2. The van der Waals surface area contributed by atoms with Gasteiger partial charge in [0.2, 0.25) is 0 Å². The van der Waals surface area contributed by atoms with Gasteiger partial charge in [0.15, 0.2) is 5.13 Å². The summed E-state index contributed by atoms with van der Waals surface area (Å²) in [5.41, 5.74) is 0.434. The van der Waals surface area contributed by atoms with Gasteiger partial charge in [-0.3, -0.25) is 10.1 Å². The van der Waals surface area contributed by atoms with Crippen molar-refractivity contribution in [3.63, 3.8) is 0 Å². The van der Waals surface area contributed by atoms with Crippen LogP contribution in [0.3, 0.4) is 0 Å². The number of aromatic nitrogens is 1. The fourth-order valence-corrected chi connectivity index (χ4v) is 2.31. The number of carbonyl (C=O) groups is 2. The molecule has 1 aromatic rings. The van der Waals surface area contributed by atoms with Crippen LogP contribution >= 0.6 is 11.3 Å². The van der Waals surface area contributed by atoms with Crippen LogP contribution in [0.25, 0.3) is 0 Å². The van der Waals surface area contributed by atoms with Crippen molar-refractivity contribution in [3.05, 3.63) is 10.6 Å². The van der Waals surface area contributed by atoms with Gasteiger partial charge in [-0.2, -0.15) is 0 Å². The van der Waals surface area contributed by atoms with Gasteiger partial charge in [-0.15, -0.1) is 0 Å². The predicted molar refractivity (Wildman–Crippen MR) is 73.9 cm³/mol. The summed E-state index contributed by atoms with van der Waals surface area (Å²) >= 11 is 1.04. The standard InChI is InChI=1S/C12H18N2O5S/c1-5-19-7(2)10(15)14-12-13-8(6-17-3)9(20-12)11(16)18-4/h7H,5-6H2,1-4H3,(H,13,14,15)/t7-/m1/s1. The maximum absolute atomic E-state index is 11.8. The second kappa shape index (κ2) is 7.93. The van der Waals surface area contributed by atoms with Crippen LogP contribution in [-0.2, 0) is 25.6 Å². The Morgan fingerprint density at radius 2 is 2.10 bits per heavy atom. The van der Waals surface area contributed by atoms with Crippen molar-refractivity contribution in [2.75, 3.05) is 26.1 Å². The van der Waals surface area contributed by atoms with Gasteiger partial charge in [-0.05, 0) is 13.8 Å². The van der Waals surface area contributed by atoms with E-state index in [0.29, 0.717) is 22.3 Å². The van der Waals surface area contributed by atoms with E-state index < -0.39 is 12.1 Å². The van der Waals surface area contributed by atoms with Crippen molar-refractivity contribution < 1.29 is 23.8 Å². The van der Waals surface area contributed by atoms with E-state index in [0.717, 1.165) is 11.3 Å². The summed E-state index contributed by atoms with van der Waals surface area (Å²) in [5, 5.41) is 2.92. The molecule has 1 heterocycles. The third-order valence-corrected chi connectivity index (χ3v) is 3.36. The fourth-order valence-electron chi connectivity index (χ4n) is 1.42. The van der Waals surface area contributed by atoms with E-state index in [-0.39, 0.29) is 12.5 Å². The van der Waals surface area contributed by atoms with Gasteiger partial charge < -0.3 is 14.2 Å². The van der Waals surface area contributed by atoms with Crippen molar-refractivity contribution >= 4 is 28.3 Å². The smallest absolute Gasteiger partial charge is 0.350 e. The number of hydrogen-bond acceptors (Lipinski definition) is 7. The highest BCUT2D eigenvalue weighted by Crippen LogP contribution is 2.24. The highest BCUT2D eigenvalue weighted by molar-refractivity contribution is 7.17. The topological polar surface area (TPSA) is 86.8 Å². The molecule has 1 aromatic heterocycles. The fraction of sp³-hybridized carbons (Fsp3) is 0.583. The molecule has 0 spiro atoms. The molecule has 0 fully saturated rings. The molecule has 1 rings (SSSR count). The molecule has 0 aliphatic heterocycles. The van der Waals surface area contributed by atoms with E-state index in [4.69, 9.17) is 9.47 Å². The molecule has 20 heavy (non-hydrogen) atoms. The zero-order valence-electron chi connectivity index (χ0n) is 11.9. The SMILES string of the molecule is CCO[C@H](C)C(=O)Nc1nc(COC)c(C(=O)OC)s1. The van der Waals surface area contributed by atoms with Crippen LogP contribution in [0.5, 0.6) is 0 Å². The number of hydrogen-bond donors (Lipinski definition) is 1. The van der Waals surface area contributed by atoms with Crippen LogP contribution in [0.2, 0.25) is 0 Å². The van der Waals surface area contributed by atoms with Gasteiger partial charge in [0.05, 0.1) is 19.4 Å². The number of thiazole rings is 1. The quantitative estimate of drug-likeness (QED) is 0.767. The van der Waals surface area contributed by atoms with Crippen molar-refractivity contribution in [3.8, 4) is 0 Å². The van der Waals surface area contributed by atoms with Crippen LogP contribution in [0.1, 0.15) is 29.2 Å². The molecule has 0 unspecified atom stereocenters. The lowest BCUT2D eigenvalue weighted by Gasteiger charge is -2.09. The zero-order chi connectivity index (χ0) is 15.1. The maximum atomic E-state index is 11.8. The van der Waals surface area contributed by atoms with Crippen molar-refractivity contribution in [2.24, 2.45) is 0 Å². The largest absolute Gasteiger partial charge is 0.465 e. The lowest BCUT2D eigenvalue weighted by Crippen LogP contribution is -2.27. The molecule has 8 heteroatoms. The van der Waals surface area contributed by atoms with Crippen LogP contribution in [0, 0.1) is 0 Å². The Labute approximate surface area is 121 Å². The second-order valence-electron chi connectivity index (χ2n) is 3.81. The first-order valence-corrected chi connectivity index (χ1v) is 6.84. The monoisotopic (exact) mass is 302 g/mol. The lowest BCUT2D eigenvalue weighted by atomic mass is 10.4. The first kappa shape index (κ1) is 16.5. The Morgan fingerprint density at radius 1 is 1.40 bits per heavy atom. The molecule has 1 atom stereocenters. The molecule has 0 bridgehead atoms. The first-order valence-electron chi connectivity index (χ1n) is 6.02. The molecule has 0 saturated carbocycles. The number of nitrogens with zero attached hydrogens (tertiary/aromatic N) is 1. The molecule has 0 saturated heterocycles. The molecular weight excluding hydrogens is 284 g/mol. The van der Waals surface area contributed by atoms with Crippen molar-refractivity contribution in [1.82, 2.24) is 4.98 Å². The Bertz CT molecular complexity index is 474. The maximum Gasteiger partial charge on any atom is 0.350 e. The Morgan fingerprint density at radius 3 is 2.65 bits per heavy atom. The lowest BCUT2D eigenvalue weighted by molar-refractivity contribution is -0.126. The molecular formula is C12H18N2O5S. The summed E-state index contributed by atoms with van der Waals surface area (Å²) in [6.07, 6.45) is -0.587. The second-order valence-corrected chi connectivity index (χ2v) is 4.81. The average molecular weight is 302 g/mol. The highest BCUT2D eigenvalue weighted by atomic mass is 32.1. The van der Waals surface area contributed by atoms with Crippen molar-refractivity contribution in [2.45, 2.75) is 26.6 Å². The van der Waals surface area contributed by atoms with Gasteiger partial charge in [0, 0.05) is 13.7 Å². The number of anilines is 1. The van der Waals surface area contributed by atoms with Gasteiger partial charge in [-0.1, -0.05) is 11.3 Å². The number of ether oxygens (including phenoxy) is 3. The van der Waals surface area contributed by atoms with Gasteiger partial charge >= 0.3 is 5.97 Å². The number of methoxy groups -OCH3 is 2. The molecule has 1 amide bonds. The van der Waals surface area contributed by atoms with E-state index in [1.54, 1.807) is 13.8 Å². The molecule has 1 N–H and O–H groups in total. The van der Waals surface area contributed by atoms with Crippen LogP contribution < -0.4 is 5.32 Å². The predicted octanol–water partition coefficient (Wildman–Crippen LogP) is 1.44. The number of esters is 1. The average Bonchev–Trinajstić information content (AvgIpc) is 2.81. The Hall–Kier alpha value is -1.51. The summed E-state index contributed by atoms with van der Waals surface area (Å²) in [6.45, 7) is 4.05. The van der Waals surface area contributed by atoms with Gasteiger partial charge in [0.25, 0.3) is 5.91 Å². The van der Waals surface area contributed by atoms with Crippen molar-refractivity contribution in [1.29, 1.82) is 0 Å². The Balaban J connectivity index is 2.86. The minimum Gasteiger partial charge on any atom is -0.465 e. The molecule has 0 aromatic carbocycles. The molecule has 7 nitrogen and oxygen atoms in total. The number of nitrogens with one attached hydrogen (secondary N) is 1. The summed E-state index contributed by atoms with van der Waals surface area (Å²) in [7, 11) is 2.78. The zero-order valence-corrected chi connectivity index (χ0v) is 12.7. The van der Waals surface area contributed by atoms with Crippen LogP contribution in [-0.4, -0.2) is 43.8 Å². The van der Waals surface area contributed by atoms with E-state index in [2.05, 4.69) is 15.0 Å². The Kier molecular flexibility index (Phi) is 6.56. The first-order chi connectivity index (χ1) is 9.53. The third kappa shape index (κ3) is 4.26. The van der Waals surface area contributed by atoms with Crippen LogP contribution in [0.15, 0.2) is 0 Å². The third-order valence-electron chi connectivity index (χ3n) is 2.37. The van der Waals surface area contributed by atoms with Crippen LogP contribution in [0.4, 0.5) is 5.13 Å². The van der Waals surface area contributed by atoms with E-state index in [1.807, 2.05) is 0 Å². The van der Waals surface area contributed by atoms with E-state index in [1.165, 1.54) is 14.2 Å². The molecule has 112 valence electrons. The molecule has 0 radical (unpaired) electrons. The summed E-state index contributed by atoms with van der Waals surface area (Å²) in [5.74, 6) is -0.825. The normalized spacial score (nSPS) is 12.0. The van der Waals surface area contributed by atoms with E-state index >= 15 is 0 Å². The molecule has 0 aliphatic rings. The van der Waals surface area contributed by atoms with E-state index in [9.17, 15) is 9.59 Å². The molecule has 0 aliphatic carbocycles. The number of rotatable bonds is 7. The number of amides is 1. The van der Waals surface area contributed by atoms with Gasteiger partial charge in [-0.25, -0.2) is 9.78 Å². The van der Waals surface area contributed by atoms with Gasteiger partial charge in [0.1, 0.15) is 11.0 Å². The summed E-state index contributed by atoms with van der Waals surface area (Å²) in [6, 6.07) is 0. The summed E-state index contributed by atoms with van der Waals surface area (Å²) in [4.78, 5) is 27.9. The summed E-state index contributed by atoms with van der Waals surface area (Å²) < 4.78 is 14.8.